The standard InChI is InChI=1S/C17H28N2O2/c1-13(2)12-19-9-6-14(7-10-19)17(16(18)20)8-4-5-15(11-17)21-3/h4-5,8,13-14H,6-7,9-12H2,1-3H3,(H2,18,20). The van der Waals surface area contributed by atoms with Crippen LogP contribution in [-0.2, 0) is 9.53 Å². The number of allylic oxidation sites excluding steroid dienone is 3. The Morgan fingerprint density at radius 3 is 2.67 bits per heavy atom. The number of hydrogen-bond acceptors (Lipinski definition) is 3. The zero-order valence-electron chi connectivity index (χ0n) is 13.5. The van der Waals surface area contributed by atoms with Gasteiger partial charge in [-0.15, -0.1) is 0 Å². The van der Waals surface area contributed by atoms with Crippen LogP contribution in [0.3, 0.4) is 0 Å². The number of carbonyl (C=O) groups is 1. The fourth-order valence-electron chi connectivity index (χ4n) is 3.67. The van der Waals surface area contributed by atoms with Crippen molar-refractivity contribution in [2.75, 3.05) is 26.7 Å². The Hall–Kier alpha value is -1.29. The van der Waals surface area contributed by atoms with E-state index in [1.807, 2.05) is 18.2 Å². The molecular weight excluding hydrogens is 264 g/mol. The maximum atomic E-state index is 12.2. The summed E-state index contributed by atoms with van der Waals surface area (Å²) in [5, 5.41) is 0. The van der Waals surface area contributed by atoms with E-state index >= 15 is 0 Å². The molecule has 2 N–H and O–H groups in total. The monoisotopic (exact) mass is 292 g/mol. The van der Waals surface area contributed by atoms with Gasteiger partial charge < -0.3 is 15.4 Å². The molecule has 1 amide bonds. The molecule has 0 aromatic heterocycles. The highest BCUT2D eigenvalue weighted by molar-refractivity contribution is 5.84. The highest BCUT2D eigenvalue weighted by atomic mass is 16.5. The first-order chi connectivity index (χ1) is 9.98. The number of methoxy groups -OCH3 is 1. The molecule has 1 fully saturated rings. The van der Waals surface area contributed by atoms with E-state index < -0.39 is 5.41 Å². The van der Waals surface area contributed by atoms with E-state index in [2.05, 4.69) is 18.7 Å². The van der Waals surface area contributed by atoms with E-state index in [1.165, 1.54) is 0 Å². The molecule has 0 bridgehead atoms. The minimum atomic E-state index is -0.565. The molecule has 1 heterocycles. The third kappa shape index (κ3) is 3.49. The van der Waals surface area contributed by atoms with Crippen LogP contribution in [0.4, 0.5) is 0 Å². The van der Waals surface area contributed by atoms with Crippen molar-refractivity contribution in [1.29, 1.82) is 0 Å². The van der Waals surface area contributed by atoms with Gasteiger partial charge in [-0.05, 0) is 43.8 Å². The van der Waals surface area contributed by atoms with Gasteiger partial charge in [0.25, 0.3) is 0 Å². The van der Waals surface area contributed by atoms with Crippen molar-refractivity contribution < 1.29 is 9.53 Å². The van der Waals surface area contributed by atoms with E-state index in [-0.39, 0.29) is 5.91 Å². The summed E-state index contributed by atoms with van der Waals surface area (Å²) in [7, 11) is 1.65. The van der Waals surface area contributed by atoms with Crippen molar-refractivity contribution in [2.45, 2.75) is 33.1 Å². The third-order valence-electron chi connectivity index (χ3n) is 4.80. The second kappa shape index (κ2) is 6.65. The molecule has 2 rings (SSSR count). The van der Waals surface area contributed by atoms with Crippen LogP contribution in [0.25, 0.3) is 0 Å². The molecular formula is C17H28N2O2. The van der Waals surface area contributed by atoms with E-state index in [0.717, 1.165) is 38.2 Å². The van der Waals surface area contributed by atoms with Crippen LogP contribution < -0.4 is 5.73 Å². The fourth-order valence-corrected chi connectivity index (χ4v) is 3.67. The van der Waals surface area contributed by atoms with E-state index in [0.29, 0.717) is 18.3 Å². The number of nitrogens with two attached hydrogens (primary N) is 1. The van der Waals surface area contributed by atoms with Gasteiger partial charge in [-0.1, -0.05) is 26.0 Å². The summed E-state index contributed by atoms with van der Waals surface area (Å²) in [6.07, 6.45) is 8.50. The lowest BCUT2D eigenvalue weighted by molar-refractivity contribution is -0.129. The number of rotatable bonds is 5. The molecule has 1 unspecified atom stereocenters. The molecule has 0 aromatic rings. The van der Waals surface area contributed by atoms with Crippen LogP contribution in [0, 0.1) is 17.3 Å². The van der Waals surface area contributed by atoms with Crippen molar-refractivity contribution in [3.8, 4) is 0 Å². The molecule has 0 aromatic carbocycles. The Labute approximate surface area is 128 Å². The predicted molar refractivity (Wildman–Crippen MR) is 84.5 cm³/mol. The van der Waals surface area contributed by atoms with Gasteiger partial charge in [0.2, 0.25) is 5.91 Å². The van der Waals surface area contributed by atoms with Gasteiger partial charge in [0.1, 0.15) is 0 Å². The van der Waals surface area contributed by atoms with Crippen molar-refractivity contribution in [3.05, 3.63) is 24.0 Å². The number of amides is 1. The van der Waals surface area contributed by atoms with Crippen molar-refractivity contribution >= 4 is 5.91 Å². The molecule has 0 radical (unpaired) electrons. The van der Waals surface area contributed by atoms with Crippen LogP contribution in [0.5, 0.6) is 0 Å². The van der Waals surface area contributed by atoms with E-state index in [9.17, 15) is 4.79 Å². The first kappa shape index (κ1) is 16.1. The molecule has 1 atom stereocenters. The zero-order chi connectivity index (χ0) is 15.5. The van der Waals surface area contributed by atoms with Crippen molar-refractivity contribution in [2.24, 2.45) is 23.0 Å². The summed E-state index contributed by atoms with van der Waals surface area (Å²) in [4.78, 5) is 14.7. The summed E-state index contributed by atoms with van der Waals surface area (Å²) < 4.78 is 5.35. The summed E-state index contributed by atoms with van der Waals surface area (Å²) >= 11 is 0. The maximum absolute atomic E-state index is 12.2. The van der Waals surface area contributed by atoms with Crippen molar-refractivity contribution in [3.63, 3.8) is 0 Å². The highest BCUT2D eigenvalue weighted by Crippen LogP contribution is 2.43. The lowest BCUT2D eigenvalue weighted by atomic mass is 9.66. The number of likely N-dealkylation sites (tertiary alicyclic amines) is 1. The fraction of sp³-hybridized carbons (Fsp3) is 0.706. The number of ether oxygens (including phenoxy) is 1. The largest absolute Gasteiger partial charge is 0.501 e. The molecule has 1 aliphatic heterocycles. The third-order valence-corrected chi connectivity index (χ3v) is 4.80. The first-order valence-electron chi connectivity index (χ1n) is 7.92. The van der Waals surface area contributed by atoms with E-state index in [4.69, 9.17) is 10.5 Å². The Bertz CT molecular complexity index is 434. The minimum Gasteiger partial charge on any atom is -0.501 e. The lowest BCUT2D eigenvalue weighted by Gasteiger charge is -2.42. The van der Waals surface area contributed by atoms with Gasteiger partial charge in [0, 0.05) is 13.0 Å². The number of nitrogens with zero attached hydrogens (tertiary/aromatic N) is 1. The lowest BCUT2D eigenvalue weighted by Crippen LogP contribution is -2.48. The van der Waals surface area contributed by atoms with Gasteiger partial charge in [-0.2, -0.15) is 0 Å². The smallest absolute Gasteiger partial charge is 0.228 e. The number of piperidine rings is 1. The van der Waals surface area contributed by atoms with Gasteiger partial charge in [-0.3, -0.25) is 4.79 Å². The molecule has 21 heavy (non-hydrogen) atoms. The van der Waals surface area contributed by atoms with Crippen LogP contribution in [0.15, 0.2) is 24.0 Å². The van der Waals surface area contributed by atoms with Gasteiger partial charge in [0.15, 0.2) is 0 Å². The highest BCUT2D eigenvalue weighted by Gasteiger charge is 2.45. The first-order valence-corrected chi connectivity index (χ1v) is 7.92. The number of hydrogen-bond donors (Lipinski definition) is 1. The van der Waals surface area contributed by atoms with Gasteiger partial charge in [-0.25, -0.2) is 0 Å². The summed E-state index contributed by atoms with van der Waals surface area (Å²) in [6, 6.07) is 0. The minimum absolute atomic E-state index is 0.219. The molecule has 1 aliphatic carbocycles. The molecule has 118 valence electrons. The number of primary amides is 1. The molecule has 4 nitrogen and oxygen atoms in total. The maximum Gasteiger partial charge on any atom is 0.228 e. The van der Waals surface area contributed by atoms with Crippen molar-refractivity contribution in [1.82, 2.24) is 4.90 Å². The van der Waals surface area contributed by atoms with Crippen LogP contribution in [0.2, 0.25) is 0 Å². The summed E-state index contributed by atoms with van der Waals surface area (Å²) in [6.45, 7) is 7.73. The van der Waals surface area contributed by atoms with Gasteiger partial charge in [0.05, 0.1) is 18.3 Å². The SMILES string of the molecule is COC1=CC=CC(C(N)=O)(C2CCN(CC(C)C)CC2)C1. The normalized spacial score (nSPS) is 27.7. The quantitative estimate of drug-likeness (QED) is 0.846. The van der Waals surface area contributed by atoms with E-state index in [1.54, 1.807) is 7.11 Å². The Morgan fingerprint density at radius 2 is 2.14 bits per heavy atom. The van der Waals surface area contributed by atoms with Crippen LogP contribution in [0.1, 0.15) is 33.1 Å². The zero-order valence-corrected chi connectivity index (χ0v) is 13.5. The molecule has 4 heteroatoms. The Balaban J connectivity index is 2.07. The Kier molecular flexibility index (Phi) is 5.09. The second-order valence-corrected chi connectivity index (χ2v) is 6.75. The second-order valence-electron chi connectivity index (χ2n) is 6.75. The summed E-state index contributed by atoms with van der Waals surface area (Å²) in [5.41, 5.74) is 5.21. The topological polar surface area (TPSA) is 55.6 Å². The molecule has 1 saturated heterocycles. The number of carbonyl (C=O) groups excluding carboxylic acids is 1. The molecule has 0 saturated carbocycles. The Morgan fingerprint density at radius 1 is 1.48 bits per heavy atom. The average Bonchev–Trinajstić information content (AvgIpc) is 2.47. The van der Waals surface area contributed by atoms with Crippen LogP contribution in [-0.4, -0.2) is 37.6 Å². The molecule has 0 spiro atoms. The predicted octanol–water partition coefficient (Wildman–Crippen LogP) is 2.32. The van der Waals surface area contributed by atoms with Gasteiger partial charge >= 0.3 is 0 Å². The average molecular weight is 292 g/mol. The molecule has 2 aliphatic rings. The summed E-state index contributed by atoms with van der Waals surface area (Å²) in [5.74, 6) is 1.63. The van der Waals surface area contributed by atoms with Crippen LogP contribution >= 0.6 is 0 Å².